The van der Waals surface area contributed by atoms with Gasteiger partial charge in [-0.2, -0.15) is 5.10 Å². The highest BCUT2D eigenvalue weighted by Crippen LogP contribution is 2.68. The molecule has 0 aliphatic heterocycles. The molecule has 4 heteroatoms. The Morgan fingerprint density at radius 1 is 1.33 bits per heavy atom. The molecule has 1 fully saturated rings. The van der Waals surface area contributed by atoms with Crippen LogP contribution in [-0.4, -0.2) is 20.5 Å². The van der Waals surface area contributed by atoms with Gasteiger partial charge in [0.25, 0.3) is 0 Å². The third-order valence-electron chi connectivity index (χ3n) is 4.81. The van der Waals surface area contributed by atoms with Crippen LogP contribution < -0.4 is 0 Å². The maximum Gasteiger partial charge on any atom is 0.144 e. The van der Waals surface area contributed by atoms with Crippen molar-refractivity contribution in [2.75, 3.05) is 0 Å². The zero-order valence-corrected chi connectivity index (χ0v) is 12.2. The third kappa shape index (κ3) is 1.78. The van der Waals surface area contributed by atoms with E-state index in [1.54, 1.807) is 0 Å². The quantitative estimate of drug-likeness (QED) is 0.824. The van der Waals surface area contributed by atoms with Crippen LogP contribution in [0.1, 0.15) is 53.4 Å². The van der Waals surface area contributed by atoms with Crippen molar-refractivity contribution >= 4 is 5.78 Å². The first-order valence-electron chi connectivity index (χ1n) is 6.60. The predicted molar refractivity (Wildman–Crippen MR) is 70.2 cm³/mol. The van der Waals surface area contributed by atoms with E-state index in [0.29, 0.717) is 12.2 Å². The van der Waals surface area contributed by atoms with Gasteiger partial charge in [-0.3, -0.25) is 4.79 Å². The van der Waals surface area contributed by atoms with Crippen LogP contribution in [0.4, 0.5) is 0 Å². The van der Waals surface area contributed by atoms with Crippen molar-refractivity contribution in [1.29, 1.82) is 0 Å². The first-order chi connectivity index (χ1) is 8.19. The van der Waals surface area contributed by atoms with Crippen LogP contribution in [0.2, 0.25) is 0 Å². The number of hydrogen-bond acceptors (Lipinski definition) is 3. The van der Waals surface area contributed by atoms with E-state index in [1.807, 2.05) is 18.5 Å². The molecular formula is C14H23N3O. The van der Waals surface area contributed by atoms with Crippen molar-refractivity contribution in [3.05, 3.63) is 12.2 Å². The van der Waals surface area contributed by atoms with Crippen molar-refractivity contribution in [3.63, 3.8) is 0 Å². The molecule has 1 aromatic heterocycles. The topological polar surface area (TPSA) is 47.8 Å². The van der Waals surface area contributed by atoms with Crippen LogP contribution in [0, 0.1) is 16.7 Å². The van der Waals surface area contributed by atoms with Crippen LogP contribution in [0.5, 0.6) is 0 Å². The summed E-state index contributed by atoms with van der Waals surface area (Å²) in [5.41, 5.74) is 0.208. The minimum atomic E-state index is 0.104. The fourth-order valence-electron chi connectivity index (χ4n) is 3.09. The van der Waals surface area contributed by atoms with Gasteiger partial charge in [-0.1, -0.05) is 27.7 Å². The van der Waals surface area contributed by atoms with E-state index in [4.69, 9.17) is 0 Å². The second-order valence-corrected chi connectivity index (χ2v) is 6.73. The molecule has 0 aromatic carbocycles. The zero-order chi connectivity index (χ0) is 13.7. The second kappa shape index (κ2) is 3.90. The minimum absolute atomic E-state index is 0.104. The number of carbonyl (C=O) groups excluding carboxylic acids is 1. The van der Waals surface area contributed by atoms with Crippen LogP contribution in [0.15, 0.2) is 6.33 Å². The molecule has 0 unspecified atom stereocenters. The lowest BCUT2D eigenvalue weighted by atomic mass is 10.0. The summed E-state index contributed by atoms with van der Waals surface area (Å²) >= 11 is 0. The van der Waals surface area contributed by atoms with Gasteiger partial charge in [-0.05, 0) is 24.7 Å². The second-order valence-electron chi connectivity index (χ2n) is 6.73. The van der Waals surface area contributed by atoms with Crippen LogP contribution in [0.25, 0.3) is 0 Å². The normalized spacial score (nSPS) is 21.3. The Morgan fingerprint density at radius 3 is 2.33 bits per heavy atom. The summed E-state index contributed by atoms with van der Waals surface area (Å²) in [4.78, 5) is 16.6. The molecule has 1 heterocycles. The van der Waals surface area contributed by atoms with Crippen molar-refractivity contribution in [2.45, 2.75) is 54.0 Å². The van der Waals surface area contributed by atoms with E-state index in [1.165, 1.54) is 6.33 Å². The Kier molecular flexibility index (Phi) is 2.87. The van der Waals surface area contributed by atoms with Crippen molar-refractivity contribution < 1.29 is 4.79 Å². The van der Waals surface area contributed by atoms with Crippen LogP contribution in [0.3, 0.4) is 0 Å². The lowest BCUT2D eigenvalue weighted by Gasteiger charge is -2.09. The summed E-state index contributed by atoms with van der Waals surface area (Å²) in [6, 6.07) is 0.246. The van der Waals surface area contributed by atoms with E-state index >= 15 is 0 Å². The predicted octanol–water partition coefficient (Wildman–Crippen LogP) is 2.65. The van der Waals surface area contributed by atoms with Gasteiger partial charge < -0.3 is 0 Å². The van der Waals surface area contributed by atoms with Crippen LogP contribution in [-0.2, 0) is 11.2 Å². The summed E-state index contributed by atoms with van der Waals surface area (Å²) in [7, 11) is 0. The average molecular weight is 249 g/mol. The van der Waals surface area contributed by atoms with Gasteiger partial charge in [-0.25, -0.2) is 9.67 Å². The third-order valence-corrected chi connectivity index (χ3v) is 4.81. The molecule has 1 saturated carbocycles. The highest BCUT2D eigenvalue weighted by atomic mass is 16.1. The van der Waals surface area contributed by atoms with Crippen molar-refractivity contribution in [2.24, 2.45) is 16.7 Å². The van der Waals surface area contributed by atoms with Crippen molar-refractivity contribution in [1.82, 2.24) is 14.8 Å². The Balaban J connectivity index is 2.12. The van der Waals surface area contributed by atoms with E-state index in [9.17, 15) is 4.79 Å². The van der Waals surface area contributed by atoms with Gasteiger partial charge >= 0.3 is 0 Å². The number of hydrogen-bond donors (Lipinski definition) is 0. The standard InChI is InChI=1S/C14H23N3O/c1-9(2)17-11(15-8-16-17)7-10(18)12-13(3,4)14(12,5)6/h8-9,12H,7H2,1-6H3. The van der Waals surface area contributed by atoms with Gasteiger partial charge in [0.15, 0.2) is 0 Å². The molecule has 4 nitrogen and oxygen atoms in total. The Morgan fingerprint density at radius 2 is 1.89 bits per heavy atom. The van der Waals surface area contributed by atoms with Gasteiger partial charge in [0.05, 0.1) is 6.42 Å². The molecule has 18 heavy (non-hydrogen) atoms. The number of nitrogens with zero attached hydrogens (tertiary/aromatic N) is 3. The Labute approximate surface area is 109 Å². The number of Topliss-reactive ketones (excluding diaryl/α,β-unsaturated/α-hetero) is 1. The number of carbonyl (C=O) groups is 1. The molecule has 0 radical (unpaired) electrons. The monoisotopic (exact) mass is 249 g/mol. The maximum atomic E-state index is 12.4. The first kappa shape index (κ1) is 13.2. The molecule has 2 rings (SSSR count). The molecular weight excluding hydrogens is 226 g/mol. The van der Waals surface area contributed by atoms with E-state index < -0.39 is 0 Å². The largest absolute Gasteiger partial charge is 0.299 e. The summed E-state index contributed by atoms with van der Waals surface area (Å²) in [6.45, 7) is 12.8. The molecule has 1 aromatic rings. The number of rotatable bonds is 4. The summed E-state index contributed by atoms with van der Waals surface area (Å²) in [5, 5.41) is 4.17. The molecule has 0 amide bonds. The van der Waals surface area contributed by atoms with Gasteiger partial charge in [0.1, 0.15) is 17.9 Å². The van der Waals surface area contributed by atoms with E-state index in [-0.39, 0.29) is 22.8 Å². The summed E-state index contributed by atoms with van der Waals surface area (Å²) in [6.07, 6.45) is 1.93. The fourth-order valence-corrected chi connectivity index (χ4v) is 3.09. The van der Waals surface area contributed by atoms with Gasteiger partial charge in [0, 0.05) is 12.0 Å². The SMILES string of the molecule is CC(C)n1ncnc1CC(=O)C1C(C)(C)C1(C)C. The zero-order valence-electron chi connectivity index (χ0n) is 12.2. The molecule has 0 saturated heterocycles. The number of ketones is 1. The van der Waals surface area contributed by atoms with E-state index in [0.717, 1.165) is 5.82 Å². The Hall–Kier alpha value is -1.19. The molecule has 100 valence electrons. The highest BCUT2D eigenvalue weighted by molar-refractivity contribution is 5.87. The molecule has 0 N–H and O–H groups in total. The van der Waals surface area contributed by atoms with Crippen LogP contribution >= 0.6 is 0 Å². The summed E-state index contributed by atoms with van der Waals surface area (Å²) < 4.78 is 1.83. The van der Waals surface area contributed by atoms with Gasteiger partial charge in [-0.15, -0.1) is 0 Å². The van der Waals surface area contributed by atoms with Gasteiger partial charge in [0.2, 0.25) is 0 Å². The molecule has 0 spiro atoms. The maximum absolute atomic E-state index is 12.4. The Bertz CT molecular complexity index is 457. The lowest BCUT2D eigenvalue weighted by Crippen LogP contribution is -2.16. The average Bonchev–Trinajstić information content (AvgIpc) is 2.59. The first-order valence-corrected chi connectivity index (χ1v) is 6.60. The molecule has 1 aliphatic carbocycles. The summed E-state index contributed by atoms with van der Waals surface area (Å²) in [5.74, 6) is 1.22. The fraction of sp³-hybridized carbons (Fsp3) is 0.786. The molecule has 0 bridgehead atoms. The minimum Gasteiger partial charge on any atom is -0.299 e. The molecule has 1 aliphatic rings. The number of aromatic nitrogens is 3. The lowest BCUT2D eigenvalue weighted by molar-refractivity contribution is -0.120. The van der Waals surface area contributed by atoms with Crippen molar-refractivity contribution in [3.8, 4) is 0 Å². The van der Waals surface area contributed by atoms with E-state index in [2.05, 4.69) is 37.8 Å². The smallest absolute Gasteiger partial charge is 0.144 e. The molecule has 0 atom stereocenters. The highest BCUT2D eigenvalue weighted by Gasteiger charge is 2.67.